The number of para-hydroxylation sites is 2. The molecule has 0 unspecified atom stereocenters. The lowest BCUT2D eigenvalue weighted by molar-refractivity contribution is 0.0941. The Morgan fingerprint density at radius 3 is 2.43 bits per heavy atom. The molecule has 0 bridgehead atoms. The number of benzene rings is 2. The second-order valence-electron chi connectivity index (χ2n) is 6.13. The molecule has 0 heterocycles. The van der Waals surface area contributed by atoms with Crippen molar-refractivity contribution in [2.24, 2.45) is 5.92 Å². The summed E-state index contributed by atoms with van der Waals surface area (Å²) in [7, 11) is 0. The van der Waals surface area contributed by atoms with Gasteiger partial charge in [-0.2, -0.15) is 0 Å². The minimum absolute atomic E-state index is 0.0536. The maximum Gasteiger partial charge on any atom is 0.255 e. The monoisotopic (exact) mass is 309 g/mol. The molecule has 0 radical (unpaired) electrons. The Bertz CT molecular complexity index is 633. The van der Waals surface area contributed by atoms with Crippen LogP contribution in [0.15, 0.2) is 54.6 Å². The molecule has 1 fully saturated rings. The Balaban J connectivity index is 1.65. The fourth-order valence-corrected chi connectivity index (χ4v) is 3.08. The third-order valence-corrected chi connectivity index (χ3v) is 4.38. The number of hydrogen-bond acceptors (Lipinski definition) is 2. The standard InChI is InChI=1S/C20H23NO2/c22-20(21-15-16-9-3-1-4-10-16)18-13-7-8-14-19(18)23-17-11-5-2-6-12-17/h2,5-8,11-14,16H,1,3-4,9-10,15H2,(H,21,22). The highest BCUT2D eigenvalue weighted by molar-refractivity contribution is 5.97. The highest BCUT2D eigenvalue weighted by Gasteiger charge is 2.17. The summed E-state index contributed by atoms with van der Waals surface area (Å²) in [5.41, 5.74) is 0.590. The van der Waals surface area contributed by atoms with Crippen LogP contribution < -0.4 is 10.1 Å². The van der Waals surface area contributed by atoms with E-state index in [2.05, 4.69) is 5.32 Å². The first-order valence-corrected chi connectivity index (χ1v) is 8.43. The molecule has 0 aliphatic heterocycles. The minimum Gasteiger partial charge on any atom is -0.457 e. The molecule has 1 aliphatic rings. The minimum atomic E-state index is -0.0536. The summed E-state index contributed by atoms with van der Waals surface area (Å²) in [6, 6.07) is 17.0. The molecule has 0 atom stereocenters. The van der Waals surface area contributed by atoms with Crippen molar-refractivity contribution in [1.29, 1.82) is 0 Å². The average molecular weight is 309 g/mol. The third kappa shape index (κ3) is 4.35. The van der Waals surface area contributed by atoms with Gasteiger partial charge in [0.2, 0.25) is 0 Å². The number of hydrogen-bond donors (Lipinski definition) is 1. The number of carbonyl (C=O) groups excluding carboxylic acids is 1. The molecule has 2 aromatic carbocycles. The van der Waals surface area contributed by atoms with Crippen molar-refractivity contribution in [1.82, 2.24) is 5.32 Å². The van der Waals surface area contributed by atoms with Crippen molar-refractivity contribution in [2.45, 2.75) is 32.1 Å². The molecule has 3 rings (SSSR count). The predicted octanol–water partition coefficient (Wildman–Crippen LogP) is 4.79. The van der Waals surface area contributed by atoms with Gasteiger partial charge in [0.15, 0.2) is 0 Å². The van der Waals surface area contributed by atoms with E-state index in [1.807, 2.05) is 54.6 Å². The summed E-state index contributed by atoms with van der Waals surface area (Å²) in [4.78, 5) is 12.5. The molecule has 1 amide bonds. The molecule has 0 spiro atoms. The Kier molecular flexibility index (Phi) is 5.30. The van der Waals surface area contributed by atoms with E-state index in [-0.39, 0.29) is 5.91 Å². The first kappa shape index (κ1) is 15.6. The highest BCUT2D eigenvalue weighted by atomic mass is 16.5. The largest absolute Gasteiger partial charge is 0.457 e. The molecule has 23 heavy (non-hydrogen) atoms. The van der Waals surface area contributed by atoms with Crippen LogP contribution in [0, 0.1) is 5.92 Å². The van der Waals surface area contributed by atoms with E-state index in [1.54, 1.807) is 0 Å². The van der Waals surface area contributed by atoms with Gasteiger partial charge in [0, 0.05) is 6.54 Å². The van der Waals surface area contributed by atoms with E-state index in [0.717, 1.165) is 12.3 Å². The lowest BCUT2D eigenvalue weighted by Gasteiger charge is -2.22. The summed E-state index contributed by atoms with van der Waals surface area (Å²) in [6.45, 7) is 0.762. The summed E-state index contributed by atoms with van der Waals surface area (Å²) in [6.07, 6.45) is 6.35. The molecule has 1 N–H and O–H groups in total. The van der Waals surface area contributed by atoms with E-state index in [9.17, 15) is 4.79 Å². The SMILES string of the molecule is O=C(NCC1CCCCC1)c1ccccc1Oc1ccccc1. The van der Waals surface area contributed by atoms with Gasteiger partial charge < -0.3 is 10.1 Å². The van der Waals surface area contributed by atoms with Gasteiger partial charge in [-0.15, -0.1) is 0 Å². The van der Waals surface area contributed by atoms with Gasteiger partial charge >= 0.3 is 0 Å². The second-order valence-corrected chi connectivity index (χ2v) is 6.13. The summed E-state index contributed by atoms with van der Waals surface area (Å²) in [5.74, 6) is 1.90. The second kappa shape index (κ2) is 7.82. The Morgan fingerprint density at radius 2 is 1.65 bits per heavy atom. The summed E-state index contributed by atoms with van der Waals surface area (Å²) in [5, 5.41) is 3.08. The zero-order valence-corrected chi connectivity index (χ0v) is 13.3. The summed E-state index contributed by atoms with van der Waals surface area (Å²) < 4.78 is 5.86. The maximum absolute atomic E-state index is 12.5. The zero-order chi connectivity index (χ0) is 15.9. The van der Waals surface area contributed by atoms with Gasteiger partial charge in [0.1, 0.15) is 11.5 Å². The van der Waals surface area contributed by atoms with Crippen LogP contribution in [0.4, 0.5) is 0 Å². The predicted molar refractivity (Wildman–Crippen MR) is 91.9 cm³/mol. The number of rotatable bonds is 5. The van der Waals surface area contributed by atoms with Crippen LogP contribution in [0.5, 0.6) is 11.5 Å². The van der Waals surface area contributed by atoms with E-state index in [1.165, 1.54) is 32.1 Å². The smallest absolute Gasteiger partial charge is 0.255 e. The number of ether oxygens (including phenoxy) is 1. The van der Waals surface area contributed by atoms with Crippen LogP contribution in [-0.2, 0) is 0 Å². The number of amides is 1. The lowest BCUT2D eigenvalue weighted by atomic mass is 9.89. The van der Waals surface area contributed by atoms with Crippen molar-refractivity contribution in [3.63, 3.8) is 0 Å². The normalized spacial score (nSPS) is 15.1. The van der Waals surface area contributed by atoms with Crippen LogP contribution in [0.1, 0.15) is 42.5 Å². The fourth-order valence-electron chi connectivity index (χ4n) is 3.08. The van der Waals surface area contributed by atoms with Crippen LogP contribution >= 0.6 is 0 Å². The molecule has 1 saturated carbocycles. The van der Waals surface area contributed by atoms with E-state index < -0.39 is 0 Å². The van der Waals surface area contributed by atoms with Crippen molar-refractivity contribution in [3.8, 4) is 11.5 Å². The molecule has 0 aromatic heterocycles. The van der Waals surface area contributed by atoms with Crippen molar-refractivity contribution < 1.29 is 9.53 Å². The first-order valence-electron chi connectivity index (χ1n) is 8.43. The van der Waals surface area contributed by atoms with Gasteiger partial charge in [0.05, 0.1) is 5.56 Å². The van der Waals surface area contributed by atoms with Gasteiger partial charge in [0.25, 0.3) is 5.91 Å². The van der Waals surface area contributed by atoms with Crippen molar-refractivity contribution in [3.05, 3.63) is 60.2 Å². The molecule has 0 saturated heterocycles. The van der Waals surface area contributed by atoms with E-state index in [0.29, 0.717) is 17.2 Å². The van der Waals surface area contributed by atoms with Crippen LogP contribution in [0.3, 0.4) is 0 Å². The fraction of sp³-hybridized carbons (Fsp3) is 0.350. The quantitative estimate of drug-likeness (QED) is 0.862. The van der Waals surface area contributed by atoms with E-state index in [4.69, 9.17) is 4.74 Å². The molecule has 3 heteroatoms. The number of nitrogens with one attached hydrogen (secondary N) is 1. The molecule has 120 valence electrons. The third-order valence-electron chi connectivity index (χ3n) is 4.38. The molecule has 3 nitrogen and oxygen atoms in total. The van der Waals surface area contributed by atoms with Crippen LogP contribution in [0.2, 0.25) is 0 Å². The number of carbonyl (C=O) groups is 1. The van der Waals surface area contributed by atoms with Gasteiger partial charge in [-0.25, -0.2) is 0 Å². The Hall–Kier alpha value is -2.29. The van der Waals surface area contributed by atoms with E-state index >= 15 is 0 Å². The van der Waals surface area contributed by atoms with Gasteiger partial charge in [-0.1, -0.05) is 49.6 Å². The Morgan fingerprint density at radius 1 is 0.957 bits per heavy atom. The maximum atomic E-state index is 12.5. The highest BCUT2D eigenvalue weighted by Crippen LogP contribution is 2.26. The molecular weight excluding hydrogens is 286 g/mol. The van der Waals surface area contributed by atoms with Crippen LogP contribution in [-0.4, -0.2) is 12.5 Å². The molecule has 1 aliphatic carbocycles. The lowest BCUT2D eigenvalue weighted by Crippen LogP contribution is -2.30. The van der Waals surface area contributed by atoms with Gasteiger partial charge in [-0.3, -0.25) is 4.79 Å². The Labute approximate surface area is 137 Å². The van der Waals surface area contributed by atoms with Gasteiger partial charge in [-0.05, 0) is 43.0 Å². The average Bonchev–Trinajstić information content (AvgIpc) is 2.62. The topological polar surface area (TPSA) is 38.3 Å². The van der Waals surface area contributed by atoms with Crippen molar-refractivity contribution in [2.75, 3.05) is 6.54 Å². The zero-order valence-electron chi connectivity index (χ0n) is 13.3. The summed E-state index contributed by atoms with van der Waals surface area (Å²) >= 11 is 0. The molecular formula is C20H23NO2. The first-order chi connectivity index (χ1) is 11.3. The van der Waals surface area contributed by atoms with Crippen molar-refractivity contribution >= 4 is 5.91 Å². The van der Waals surface area contributed by atoms with Crippen LogP contribution in [0.25, 0.3) is 0 Å². The molecule has 2 aromatic rings.